The minimum atomic E-state index is -3.21. The number of rotatable bonds is 4. The molecule has 0 spiro atoms. The first-order valence-electron chi connectivity index (χ1n) is 4.26. The van der Waals surface area contributed by atoms with Gasteiger partial charge < -0.3 is 4.74 Å². The van der Waals surface area contributed by atoms with Crippen LogP contribution in [0, 0.1) is 10.1 Å². The van der Waals surface area contributed by atoms with E-state index in [1.54, 1.807) is 0 Å². The van der Waals surface area contributed by atoms with Gasteiger partial charge in [0.05, 0.1) is 4.92 Å². The number of carbonyl (C=O) groups excluding carboxylic acids is 1. The molecule has 0 saturated heterocycles. The van der Waals surface area contributed by atoms with Gasteiger partial charge in [0.2, 0.25) is 5.75 Å². The number of halogens is 3. The van der Waals surface area contributed by atoms with Crippen molar-refractivity contribution in [2.45, 2.75) is 13.5 Å². The van der Waals surface area contributed by atoms with Crippen LogP contribution in [0.2, 0.25) is 0 Å². The van der Waals surface area contributed by atoms with Crippen molar-refractivity contribution >= 4 is 27.4 Å². The van der Waals surface area contributed by atoms with Crippen molar-refractivity contribution in [2.75, 3.05) is 0 Å². The molecule has 0 radical (unpaired) electrons. The fraction of sp³-hybridized carbons (Fsp3) is 0.222. The van der Waals surface area contributed by atoms with E-state index in [1.807, 2.05) is 0 Å². The molecule has 0 fully saturated rings. The zero-order chi connectivity index (χ0) is 13.2. The molecule has 0 unspecified atom stereocenters. The summed E-state index contributed by atoms with van der Waals surface area (Å²) in [7, 11) is 0. The fourth-order valence-corrected chi connectivity index (χ4v) is 1.65. The Morgan fingerprint density at radius 3 is 2.53 bits per heavy atom. The highest BCUT2D eigenvalue weighted by Gasteiger charge is 2.26. The average molecular weight is 310 g/mol. The van der Waals surface area contributed by atoms with Gasteiger partial charge in [0.25, 0.3) is 0 Å². The van der Waals surface area contributed by atoms with Gasteiger partial charge in [0, 0.05) is 10.5 Å². The third-order valence-corrected chi connectivity index (χ3v) is 2.28. The second-order valence-corrected chi connectivity index (χ2v) is 3.91. The van der Waals surface area contributed by atoms with Gasteiger partial charge in [-0.25, -0.2) is 0 Å². The van der Waals surface area contributed by atoms with Crippen molar-refractivity contribution in [3.8, 4) is 5.75 Å². The van der Waals surface area contributed by atoms with Gasteiger partial charge in [-0.05, 0) is 13.0 Å². The van der Waals surface area contributed by atoms with Gasteiger partial charge in [-0.15, -0.1) is 0 Å². The molecule has 0 saturated carbocycles. The second kappa shape index (κ2) is 5.17. The summed E-state index contributed by atoms with van der Waals surface area (Å²) in [6, 6.07) is 2.19. The van der Waals surface area contributed by atoms with E-state index in [0.29, 0.717) is 0 Å². The fourth-order valence-electron chi connectivity index (χ4n) is 1.22. The molecule has 92 valence electrons. The van der Waals surface area contributed by atoms with Gasteiger partial charge in [-0.1, -0.05) is 15.9 Å². The molecule has 1 aromatic rings. The van der Waals surface area contributed by atoms with Crippen LogP contribution in [-0.2, 0) is 0 Å². The summed E-state index contributed by atoms with van der Waals surface area (Å²) in [6.45, 7) is -2.11. The topological polar surface area (TPSA) is 69.4 Å². The minimum absolute atomic E-state index is 0.240. The highest BCUT2D eigenvalue weighted by molar-refractivity contribution is 9.10. The quantitative estimate of drug-likeness (QED) is 0.486. The normalized spacial score (nSPS) is 10.4. The molecule has 0 amide bonds. The van der Waals surface area contributed by atoms with Crippen LogP contribution >= 0.6 is 15.9 Å². The Kier molecular flexibility index (Phi) is 4.11. The first-order valence-corrected chi connectivity index (χ1v) is 5.06. The number of Topliss-reactive ketones (excluding diaryl/α,β-unsaturated/α-hetero) is 1. The number of nitro benzene ring substituents is 1. The number of carbonyl (C=O) groups is 1. The molecule has 0 aliphatic rings. The largest absolute Gasteiger partial charge is 0.427 e. The van der Waals surface area contributed by atoms with Crippen LogP contribution in [0.15, 0.2) is 16.6 Å². The molecule has 5 nitrogen and oxygen atoms in total. The maximum absolute atomic E-state index is 12.1. The summed E-state index contributed by atoms with van der Waals surface area (Å²) < 4.78 is 28.4. The smallest absolute Gasteiger partial charge is 0.387 e. The van der Waals surface area contributed by atoms with Crippen molar-refractivity contribution in [3.05, 3.63) is 32.3 Å². The number of hydrogen-bond donors (Lipinski definition) is 0. The zero-order valence-corrected chi connectivity index (χ0v) is 10.0. The number of benzene rings is 1. The summed E-state index contributed by atoms with van der Waals surface area (Å²) in [6.07, 6.45) is 0. The molecule has 1 aromatic carbocycles. The molecule has 8 heteroatoms. The van der Waals surface area contributed by atoms with Crippen LogP contribution in [0.4, 0.5) is 14.5 Å². The van der Waals surface area contributed by atoms with E-state index < -0.39 is 28.8 Å². The number of nitro groups is 1. The predicted molar refractivity (Wildman–Crippen MR) is 57.4 cm³/mol. The van der Waals surface area contributed by atoms with Crippen LogP contribution in [0.5, 0.6) is 5.75 Å². The Bertz CT molecular complexity index is 478. The van der Waals surface area contributed by atoms with Crippen LogP contribution in [0.25, 0.3) is 0 Å². The molecule has 0 aliphatic heterocycles. The van der Waals surface area contributed by atoms with E-state index in [4.69, 9.17) is 0 Å². The molecule has 0 bridgehead atoms. The molecule has 17 heavy (non-hydrogen) atoms. The lowest BCUT2D eigenvalue weighted by Gasteiger charge is -2.08. The van der Waals surface area contributed by atoms with Crippen molar-refractivity contribution in [2.24, 2.45) is 0 Å². The molecule has 0 aliphatic carbocycles. The Labute approximate surface area is 103 Å². The Hall–Kier alpha value is -1.57. The number of alkyl halides is 2. The van der Waals surface area contributed by atoms with Crippen LogP contribution in [-0.4, -0.2) is 17.3 Å². The SMILES string of the molecule is CC(=O)c1cc(Br)cc(OC(F)F)c1[N+](=O)[O-]. The monoisotopic (exact) mass is 309 g/mol. The summed E-state index contributed by atoms with van der Waals surface area (Å²) in [5, 5.41) is 10.8. The summed E-state index contributed by atoms with van der Waals surface area (Å²) in [5.74, 6) is -1.26. The van der Waals surface area contributed by atoms with Gasteiger partial charge in [0.1, 0.15) is 5.56 Å². The van der Waals surface area contributed by atoms with E-state index in [2.05, 4.69) is 20.7 Å². The van der Waals surface area contributed by atoms with Crippen molar-refractivity contribution in [1.29, 1.82) is 0 Å². The standard InChI is InChI=1S/C9H6BrF2NO4/c1-4(14)6-2-5(10)3-7(17-9(11)12)8(6)13(15)16/h2-3,9H,1H3. The second-order valence-electron chi connectivity index (χ2n) is 2.99. The Balaban J connectivity index is 3.46. The van der Waals surface area contributed by atoms with E-state index in [9.17, 15) is 23.7 Å². The minimum Gasteiger partial charge on any atom is -0.427 e. The zero-order valence-electron chi connectivity index (χ0n) is 8.45. The van der Waals surface area contributed by atoms with Crippen molar-refractivity contribution in [1.82, 2.24) is 0 Å². The summed E-state index contributed by atoms with van der Waals surface area (Å²) in [4.78, 5) is 21.0. The molecule has 1 rings (SSSR count). The third-order valence-electron chi connectivity index (χ3n) is 1.82. The third kappa shape index (κ3) is 3.19. The highest BCUT2D eigenvalue weighted by atomic mass is 79.9. The lowest BCUT2D eigenvalue weighted by Crippen LogP contribution is -2.08. The average Bonchev–Trinajstić information content (AvgIpc) is 2.14. The molecular formula is C9H6BrF2NO4. The first-order chi connectivity index (χ1) is 7.82. The lowest BCUT2D eigenvalue weighted by molar-refractivity contribution is -0.386. The van der Waals surface area contributed by atoms with Crippen molar-refractivity contribution < 1.29 is 23.2 Å². The number of hydrogen-bond acceptors (Lipinski definition) is 4. The van der Waals surface area contributed by atoms with Gasteiger partial charge in [-0.3, -0.25) is 14.9 Å². The number of nitrogens with zero attached hydrogens (tertiary/aromatic N) is 1. The van der Waals surface area contributed by atoms with Crippen LogP contribution in [0.1, 0.15) is 17.3 Å². The number of ether oxygens (including phenoxy) is 1. The molecule has 0 atom stereocenters. The van der Waals surface area contributed by atoms with Gasteiger partial charge in [0.15, 0.2) is 5.78 Å². The van der Waals surface area contributed by atoms with Gasteiger partial charge >= 0.3 is 12.3 Å². The first kappa shape index (κ1) is 13.5. The van der Waals surface area contributed by atoms with Crippen LogP contribution in [0.3, 0.4) is 0 Å². The van der Waals surface area contributed by atoms with E-state index in [1.165, 1.54) is 6.07 Å². The molecule has 0 N–H and O–H groups in total. The van der Waals surface area contributed by atoms with E-state index >= 15 is 0 Å². The maximum Gasteiger partial charge on any atom is 0.387 e. The predicted octanol–water partition coefficient (Wildman–Crippen LogP) is 3.16. The summed E-state index contributed by atoms with van der Waals surface area (Å²) >= 11 is 2.95. The van der Waals surface area contributed by atoms with Crippen LogP contribution < -0.4 is 4.74 Å². The molecular weight excluding hydrogens is 304 g/mol. The number of ketones is 1. The lowest BCUT2D eigenvalue weighted by atomic mass is 10.1. The summed E-state index contributed by atoms with van der Waals surface area (Å²) in [5.41, 5.74) is -1.05. The molecule has 0 heterocycles. The molecule has 0 aromatic heterocycles. The van der Waals surface area contributed by atoms with Crippen molar-refractivity contribution in [3.63, 3.8) is 0 Å². The van der Waals surface area contributed by atoms with Gasteiger partial charge in [-0.2, -0.15) is 8.78 Å². The van der Waals surface area contributed by atoms with E-state index in [-0.39, 0.29) is 10.0 Å². The Morgan fingerprint density at radius 2 is 2.12 bits per heavy atom. The Morgan fingerprint density at radius 1 is 1.53 bits per heavy atom. The highest BCUT2D eigenvalue weighted by Crippen LogP contribution is 2.35. The van der Waals surface area contributed by atoms with E-state index in [0.717, 1.165) is 13.0 Å². The maximum atomic E-state index is 12.1.